The Bertz CT molecular complexity index is 867. The molecule has 2 aromatic heterocycles. The predicted octanol–water partition coefficient (Wildman–Crippen LogP) is 2.78. The first-order valence-electron chi connectivity index (χ1n) is 7.94. The number of para-hydroxylation sites is 1. The number of fused-ring (bicyclic) bond motifs is 1. The average molecular weight is 346 g/mol. The van der Waals surface area contributed by atoms with Gasteiger partial charge in [0.1, 0.15) is 0 Å². The lowest BCUT2D eigenvalue weighted by molar-refractivity contribution is -0.120. The summed E-state index contributed by atoms with van der Waals surface area (Å²) in [5.74, 6) is -0.0178. The largest absolute Gasteiger partial charge is 0.356 e. The number of carbonyl (C=O) groups is 1. The molecule has 1 aromatic carbocycles. The molecule has 0 bridgehead atoms. The van der Waals surface area contributed by atoms with Gasteiger partial charge in [0.2, 0.25) is 5.91 Å². The third-order valence-corrected chi connectivity index (χ3v) is 4.59. The van der Waals surface area contributed by atoms with Gasteiger partial charge >= 0.3 is 0 Å². The molecule has 3 rings (SSSR count). The summed E-state index contributed by atoms with van der Waals surface area (Å²) in [5, 5.41) is 16.2. The smallest absolute Gasteiger partial charge is 0.226 e. The molecule has 0 aliphatic heterocycles. The number of hydrogen-bond acceptors (Lipinski definition) is 3. The van der Waals surface area contributed by atoms with Gasteiger partial charge in [0.05, 0.1) is 34.0 Å². The zero-order chi connectivity index (χ0) is 17.1. The summed E-state index contributed by atoms with van der Waals surface area (Å²) >= 11 is 6.13. The lowest BCUT2D eigenvalue weighted by Gasteiger charge is -2.06. The Morgan fingerprint density at radius 2 is 2.12 bits per heavy atom. The molecule has 0 aliphatic rings. The van der Waals surface area contributed by atoms with Crippen LogP contribution < -0.4 is 5.32 Å². The predicted molar refractivity (Wildman–Crippen MR) is 94.1 cm³/mol. The summed E-state index contributed by atoms with van der Waals surface area (Å²) in [7, 11) is 0. The van der Waals surface area contributed by atoms with E-state index in [4.69, 9.17) is 11.6 Å². The van der Waals surface area contributed by atoms with Crippen LogP contribution in [-0.2, 0) is 17.8 Å². The lowest BCUT2D eigenvalue weighted by atomic mass is 10.1. The van der Waals surface area contributed by atoms with E-state index in [1.807, 2.05) is 42.8 Å². The molecule has 0 unspecified atom stereocenters. The van der Waals surface area contributed by atoms with Crippen molar-refractivity contribution in [1.82, 2.24) is 25.3 Å². The number of rotatable bonds is 6. The maximum absolute atomic E-state index is 12.1. The quantitative estimate of drug-likeness (QED) is 0.674. The van der Waals surface area contributed by atoms with Crippen molar-refractivity contribution in [2.75, 3.05) is 6.54 Å². The summed E-state index contributed by atoms with van der Waals surface area (Å²) in [5.41, 5.74) is 3.52. The number of H-pyrrole nitrogens is 1. The molecule has 0 fully saturated rings. The Morgan fingerprint density at radius 3 is 2.88 bits per heavy atom. The molecule has 0 spiro atoms. The Hall–Kier alpha value is -2.34. The molecule has 0 aliphatic carbocycles. The highest BCUT2D eigenvalue weighted by molar-refractivity contribution is 6.31. The van der Waals surface area contributed by atoms with Crippen molar-refractivity contribution in [3.63, 3.8) is 0 Å². The van der Waals surface area contributed by atoms with E-state index in [1.165, 1.54) is 0 Å². The van der Waals surface area contributed by atoms with Gasteiger partial charge in [0.25, 0.3) is 0 Å². The third-order valence-electron chi connectivity index (χ3n) is 4.04. The normalized spacial score (nSPS) is 11.1. The number of aromatic nitrogens is 4. The first kappa shape index (κ1) is 16.5. The van der Waals surface area contributed by atoms with Gasteiger partial charge in [-0.25, -0.2) is 0 Å². The van der Waals surface area contributed by atoms with Crippen molar-refractivity contribution in [3.8, 4) is 0 Å². The number of halogens is 1. The Morgan fingerprint density at radius 1 is 1.33 bits per heavy atom. The summed E-state index contributed by atoms with van der Waals surface area (Å²) < 4.78 is 1.88. The van der Waals surface area contributed by atoms with E-state index >= 15 is 0 Å². The van der Waals surface area contributed by atoms with E-state index in [2.05, 4.69) is 20.6 Å². The van der Waals surface area contributed by atoms with E-state index < -0.39 is 0 Å². The first-order chi connectivity index (χ1) is 11.6. The van der Waals surface area contributed by atoms with Crippen LogP contribution in [0.3, 0.4) is 0 Å². The molecule has 1 amide bonds. The van der Waals surface area contributed by atoms with Crippen LogP contribution in [0.15, 0.2) is 24.3 Å². The van der Waals surface area contributed by atoms with Crippen molar-refractivity contribution < 1.29 is 4.79 Å². The first-order valence-corrected chi connectivity index (χ1v) is 8.32. The molecule has 126 valence electrons. The van der Waals surface area contributed by atoms with Crippen LogP contribution in [-0.4, -0.2) is 32.4 Å². The molecule has 2 heterocycles. The maximum atomic E-state index is 12.1. The number of hydrogen-bond donors (Lipinski definition) is 2. The number of nitrogens with zero attached hydrogens (tertiary/aromatic N) is 3. The van der Waals surface area contributed by atoms with Crippen LogP contribution >= 0.6 is 11.6 Å². The molecule has 0 saturated heterocycles. The summed E-state index contributed by atoms with van der Waals surface area (Å²) in [6.45, 7) is 5.17. The fourth-order valence-corrected chi connectivity index (χ4v) is 2.86. The second-order valence-corrected chi connectivity index (χ2v) is 6.19. The lowest BCUT2D eigenvalue weighted by Crippen LogP contribution is -2.27. The van der Waals surface area contributed by atoms with Crippen LogP contribution in [0.25, 0.3) is 10.9 Å². The Kier molecular flexibility index (Phi) is 4.85. The standard InChI is InChI=1S/C17H20ClN5O/c1-11-17(18)12(2)23(22-11)9-5-8-19-16(24)10-15-13-6-3-4-7-14(13)20-21-15/h3-4,6-7H,5,8-10H2,1-2H3,(H,19,24)(H,20,21). The molecular formula is C17H20ClN5O. The minimum Gasteiger partial charge on any atom is -0.356 e. The number of nitrogens with one attached hydrogen (secondary N) is 2. The van der Waals surface area contributed by atoms with Crippen molar-refractivity contribution in [2.24, 2.45) is 0 Å². The highest BCUT2D eigenvalue weighted by Crippen LogP contribution is 2.19. The molecule has 24 heavy (non-hydrogen) atoms. The monoisotopic (exact) mass is 345 g/mol. The average Bonchev–Trinajstić information content (AvgIpc) is 3.09. The van der Waals surface area contributed by atoms with Crippen molar-refractivity contribution in [3.05, 3.63) is 46.4 Å². The molecule has 0 saturated carbocycles. The van der Waals surface area contributed by atoms with Crippen LogP contribution in [0, 0.1) is 13.8 Å². The van der Waals surface area contributed by atoms with Gasteiger partial charge < -0.3 is 5.32 Å². The number of amides is 1. The highest BCUT2D eigenvalue weighted by atomic mass is 35.5. The minimum atomic E-state index is -0.0178. The van der Waals surface area contributed by atoms with Gasteiger partial charge in [-0.2, -0.15) is 10.2 Å². The number of aromatic amines is 1. The second kappa shape index (κ2) is 7.05. The van der Waals surface area contributed by atoms with Gasteiger partial charge in [0, 0.05) is 18.5 Å². The number of benzene rings is 1. The van der Waals surface area contributed by atoms with Crippen LogP contribution in [0.5, 0.6) is 0 Å². The summed E-state index contributed by atoms with van der Waals surface area (Å²) in [4.78, 5) is 12.1. The molecule has 6 nitrogen and oxygen atoms in total. The van der Waals surface area contributed by atoms with Crippen LogP contribution in [0.2, 0.25) is 5.02 Å². The van der Waals surface area contributed by atoms with Gasteiger partial charge in [-0.1, -0.05) is 29.8 Å². The number of aryl methyl sites for hydroxylation is 2. The number of carbonyl (C=O) groups excluding carboxylic acids is 1. The molecular weight excluding hydrogens is 326 g/mol. The molecule has 0 atom stereocenters. The van der Waals surface area contributed by atoms with Crippen molar-refractivity contribution in [2.45, 2.75) is 33.2 Å². The third kappa shape index (κ3) is 3.43. The summed E-state index contributed by atoms with van der Waals surface area (Å²) in [6.07, 6.45) is 1.10. The van der Waals surface area contributed by atoms with E-state index in [1.54, 1.807) is 0 Å². The van der Waals surface area contributed by atoms with E-state index in [0.29, 0.717) is 18.0 Å². The fraction of sp³-hybridized carbons (Fsp3) is 0.353. The van der Waals surface area contributed by atoms with Crippen LogP contribution in [0.4, 0.5) is 0 Å². The van der Waals surface area contributed by atoms with Crippen LogP contribution in [0.1, 0.15) is 23.5 Å². The van der Waals surface area contributed by atoms with Gasteiger partial charge in [0.15, 0.2) is 0 Å². The van der Waals surface area contributed by atoms with Crippen molar-refractivity contribution >= 4 is 28.4 Å². The zero-order valence-electron chi connectivity index (χ0n) is 13.8. The second-order valence-electron chi connectivity index (χ2n) is 5.81. The van der Waals surface area contributed by atoms with Gasteiger partial charge in [-0.3, -0.25) is 14.6 Å². The van der Waals surface area contributed by atoms with Gasteiger partial charge in [-0.15, -0.1) is 0 Å². The fourth-order valence-electron chi connectivity index (χ4n) is 2.72. The van der Waals surface area contributed by atoms with E-state index in [0.717, 1.165) is 41.0 Å². The van der Waals surface area contributed by atoms with Crippen molar-refractivity contribution in [1.29, 1.82) is 0 Å². The molecule has 2 N–H and O–H groups in total. The Labute approximate surface area is 145 Å². The SMILES string of the molecule is Cc1nn(CCCNC(=O)Cc2[nH]nc3ccccc23)c(C)c1Cl. The van der Waals surface area contributed by atoms with E-state index in [9.17, 15) is 4.79 Å². The zero-order valence-corrected chi connectivity index (χ0v) is 14.5. The molecule has 0 radical (unpaired) electrons. The Balaban J connectivity index is 1.48. The molecule has 7 heteroatoms. The summed E-state index contributed by atoms with van der Waals surface area (Å²) in [6, 6.07) is 7.76. The molecule has 3 aromatic rings. The van der Waals surface area contributed by atoms with E-state index in [-0.39, 0.29) is 5.91 Å². The maximum Gasteiger partial charge on any atom is 0.226 e. The minimum absolute atomic E-state index is 0.0178. The topological polar surface area (TPSA) is 75.6 Å². The highest BCUT2D eigenvalue weighted by Gasteiger charge is 2.10. The van der Waals surface area contributed by atoms with Gasteiger partial charge in [-0.05, 0) is 26.3 Å².